The first-order valence-corrected chi connectivity index (χ1v) is 12.9. The molecule has 4 rings (SSSR count). The maximum atomic E-state index is 13.7. The van der Waals surface area contributed by atoms with Gasteiger partial charge in [-0.15, -0.1) is 4.99 Å². The Hall–Kier alpha value is -4.17. The van der Waals surface area contributed by atoms with Crippen LogP contribution in [0.25, 0.3) is 0 Å². The van der Waals surface area contributed by atoms with Crippen molar-refractivity contribution in [2.24, 2.45) is 16.8 Å². The Morgan fingerprint density at radius 1 is 0.923 bits per heavy atom. The molecule has 1 aromatic heterocycles. The summed E-state index contributed by atoms with van der Waals surface area (Å²) in [6, 6.07) is 12.1. The van der Waals surface area contributed by atoms with Crippen molar-refractivity contribution < 1.29 is 29.6 Å². The highest BCUT2D eigenvalue weighted by Gasteiger charge is 2.30. The van der Waals surface area contributed by atoms with Gasteiger partial charge >= 0.3 is 0 Å². The third kappa shape index (κ3) is 7.45. The third-order valence-electron chi connectivity index (χ3n) is 7.09. The number of Topliss-reactive ketones (excluding diaryl/α,β-unsaturated/α-hetero) is 1. The Morgan fingerprint density at radius 3 is 2.13 bits per heavy atom. The van der Waals surface area contributed by atoms with E-state index in [-0.39, 0.29) is 29.6 Å². The number of aliphatic hydroxyl groups is 1. The highest BCUT2D eigenvalue weighted by atomic mass is 16.5. The molecular formula is C31H34N2O6. The summed E-state index contributed by atoms with van der Waals surface area (Å²) in [5.74, 6) is 0.0843. The molecule has 2 heterocycles. The van der Waals surface area contributed by atoms with Gasteiger partial charge in [-0.25, -0.2) is 0 Å². The van der Waals surface area contributed by atoms with Gasteiger partial charge in [-0.2, -0.15) is 12.4 Å². The van der Waals surface area contributed by atoms with Crippen molar-refractivity contribution >= 4 is 12.0 Å². The van der Waals surface area contributed by atoms with Crippen LogP contribution in [0.3, 0.4) is 0 Å². The molecule has 0 spiro atoms. The number of nitrogens with zero attached hydrogens (tertiary/aromatic N) is 2. The number of hydrogen-bond donors (Lipinski definition) is 3. The van der Waals surface area contributed by atoms with Gasteiger partial charge in [0.05, 0.1) is 26.4 Å². The predicted molar refractivity (Wildman–Crippen MR) is 148 cm³/mol. The molecule has 2 aromatic carbocycles. The molecule has 3 aromatic rings. The number of hydrogen-bond acceptors (Lipinski definition) is 7. The number of rotatable bonds is 14. The summed E-state index contributed by atoms with van der Waals surface area (Å²) in [6.07, 6.45) is 8.15. The molecule has 0 aliphatic carbocycles. The smallest absolute Gasteiger partial charge is 0.176 e. The Kier molecular flexibility index (Phi) is 9.33. The van der Waals surface area contributed by atoms with Crippen LogP contribution in [0.5, 0.6) is 23.0 Å². The first kappa shape index (κ1) is 27.9. The molecule has 8 nitrogen and oxygen atoms in total. The average Bonchev–Trinajstić information content (AvgIpc) is 3.64. The summed E-state index contributed by atoms with van der Waals surface area (Å²) >= 11 is 0. The van der Waals surface area contributed by atoms with Crippen molar-refractivity contribution in [3.8, 4) is 23.0 Å². The SMILES string of the molecule is COc1cc(CC(CC2=C[CH+]N=C2)C(=O)CC(O)C(Cc2cc[n-]c2)Cc2ccc(O)c(OC)c2)ccc1O. The fourth-order valence-electron chi connectivity index (χ4n) is 4.94. The normalized spacial score (nSPS) is 14.8. The number of benzene rings is 2. The minimum Gasteiger partial charge on any atom is -0.670 e. The van der Waals surface area contributed by atoms with Gasteiger partial charge in [-0.05, 0) is 60.6 Å². The highest BCUT2D eigenvalue weighted by Crippen LogP contribution is 2.31. The zero-order valence-corrected chi connectivity index (χ0v) is 22.2. The van der Waals surface area contributed by atoms with Crippen molar-refractivity contribution in [1.29, 1.82) is 0 Å². The minimum absolute atomic E-state index is 0.0119. The molecule has 0 bridgehead atoms. The van der Waals surface area contributed by atoms with E-state index in [1.165, 1.54) is 14.2 Å². The summed E-state index contributed by atoms with van der Waals surface area (Å²) in [5.41, 5.74) is 3.67. The lowest BCUT2D eigenvalue weighted by molar-refractivity contribution is -0.125. The standard InChI is InChI=1S/C31H34N2O6/c1-38-30-15-20(3-5-26(30)34)11-24(13-22-7-9-32-18-22)28(36)17-29(37)25(14-23-8-10-33-19-23)12-21-4-6-27(35)31(16-21)39-2/h3-10,15-16,18-19,24-25,28,34-36H,11-14,17H2,1-2H3. The van der Waals surface area contributed by atoms with Crippen molar-refractivity contribution in [2.75, 3.05) is 14.2 Å². The van der Waals surface area contributed by atoms with Gasteiger partial charge < -0.3 is 29.8 Å². The van der Waals surface area contributed by atoms with Crippen LogP contribution in [0, 0.1) is 18.4 Å². The minimum atomic E-state index is -0.901. The topological polar surface area (TPSA) is 123 Å². The van der Waals surface area contributed by atoms with Crippen LogP contribution in [0.15, 0.2) is 71.5 Å². The van der Waals surface area contributed by atoms with Crippen LogP contribution in [-0.4, -0.2) is 47.6 Å². The lowest BCUT2D eigenvalue weighted by Crippen LogP contribution is -2.30. The first-order valence-electron chi connectivity index (χ1n) is 12.9. The third-order valence-corrected chi connectivity index (χ3v) is 7.09. The number of methoxy groups -OCH3 is 2. The van der Waals surface area contributed by atoms with Crippen LogP contribution in [-0.2, 0) is 24.1 Å². The molecule has 0 amide bonds. The summed E-state index contributed by atoms with van der Waals surface area (Å²) in [4.78, 5) is 22.0. The highest BCUT2D eigenvalue weighted by molar-refractivity contribution is 5.86. The van der Waals surface area contributed by atoms with Crippen LogP contribution in [0.2, 0.25) is 0 Å². The zero-order chi connectivity index (χ0) is 27.8. The van der Waals surface area contributed by atoms with Gasteiger partial charge in [-0.1, -0.05) is 23.8 Å². The van der Waals surface area contributed by atoms with Crippen LogP contribution >= 0.6 is 0 Å². The number of aromatic hydroxyl groups is 2. The molecule has 204 valence electrons. The van der Waals surface area contributed by atoms with Gasteiger partial charge in [0, 0.05) is 18.8 Å². The Bertz CT molecular complexity index is 1310. The van der Waals surface area contributed by atoms with Crippen LogP contribution in [0.4, 0.5) is 0 Å². The molecule has 39 heavy (non-hydrogen) atoms. The van der Waals surface area contributed by atoms with Crippen LogP contribution in [0.1, 0.15) is 29.5 Å². The van der Waals surface area contributed by atoms with Crippen molar-refractivity contribution in [3.63, 3.8) is 0 Å². The number of ether oxygens (including phenoxy) is 2. The molecule has 0 saturated carbocycles. The number of ketones is 1. The van der Waals surface area contributed by atoms with Crippen molar-refractivity contribution in [1.82, 2.24) is 4.98 Å². The lowest BCUT2D eigenvalue weighted by Gasteiger charge is -2.25. The number of allylic oxidation sites excluding steroid dienone is 1. The number of aliphatic imine (C=N–C) groups is 1. The maximum Gasteiger partial charge on any atom is 0.176 e. The summed E-state index contributed by atoms with van der Waals surface area (Å²) in [6.45, 7) is 1.70. The van der Waals surface area contributed by atoms with E-state index in [0.29, 0.717) is 37.2 Å². The quantitative estimate of drug-likeness (QED) is 0.267. The van der Waals surface area contributed by atoms with Gasteiger partial charge in [0.15, 0.2) is 29.2 Å². The lowest BCUT2D eigenvalue weighted by atomic mass is 9.82. The number of carbonyl (C=O) groups is 1. The van der Waals surface area contributed by atoms with E-state index in [2.05, 4.69) is 9.98 Å². The second kappa shape index (κ2) is 13.1. The van der Waals surface area contributed by atoms with E-state index >= 15 is 0 Å². The molecule has 3 N–H and O–H groups in total. The second-order valence-electron chi connectivity index (χ2n) is 9.86. The van der Waals surface area contributed by atoms with Gasteiger partial charge in [0.2, 0.25) is 0 Å². The fraction of sp³-hybridized carbons (Fsp3) is 0.323. The predicted octanol–water partition coefficient (Wildman–Crippen LogP) is 4.22. The molecule has 0 saturated heterocycles. The summed E-state index contributed by atoms with van der Waals surface area (Å²) in [5, 5.41) is 31.4. The number of phenols is 2. The second-order valence-corrected chi connectivity index (χ2v) is 9.86. The van der Waals surface area contributed by atoms with Gasteiger partial charge in [0.1, 0.15) is 17.9 Å². The number of aliphatic hydroxyl groups excluding tert-OH is 1. The number of phenolic OH excluding ortho intramolecular Hbond substituents is 2. The molecule has 0 fully saturated rings. The fourth-order valence-corrected chi connectivity index (χ4v) is 4.94. The Labute approximate surface area is 228 Å². The average molecular weight is 531 g/mol. The number of aromatic nitrogens is 1. The van der Waals surface area contributed by atoms with E-state index < -0.39 is 12.0 Å². The maximum absolute atomic E-state index is 13.7. The Balaban J connectivity index is 1.53. The monoisotopic (exact) mass is 530 g/mol. The molecule has 1 aliphatic rings. The molecule has 8 heteroatoms. The van der Waals surface area contributed by atoms with Gasteiger partial charge in [0.25, 0.3) is 0 Å². The summed E-state index contributed by atoms with van der Waals surface area (Å²) < 4.78 is 10.5. The van der Waals surface area contributed by atoms with Crippen molar-refractivity contribution in [3.05, 3.63) is 89.7 Å². The van der Waals surface area contributed by atoms with Crippen molar-refractivity contribution in [2.45, 2.75) is 38.2 Å². The molecule has 1 aliphatic heterocycles. The molecule has 3 atom stereocenters. The number of carbonyl (C=O) groups excluding carboxylic acids is 1. The first-order chi connectivity index (χ1) is 18.9. The van der Waals surface area contributed by atoms with E-state index in [9.17, 15) is 20.1 Å². The summed E-state index contributed by atoms with van der Waals surface area (Å²) in [7, 11) is 2.98. The Morgan fingerprint density at radius 2 is 1.56 bits per heavy atom. The van der Waals surface area contributed by atoms with Crippen LogP contribution < -0.4 is 14.5 Å². The molecule has 0 radical (unpaired) electrons. The molecule has 3 unspecified atom stereocenters. The van der Waals surface area contributed by atoms with E-state index in [0.717, 1.165) is 22.3 Å². The van der Waals surface area contributed by atoms with E-state index in [1.807, 2.05) is 12.1 Å². The zero-order valence-electron chi connectivity index (χ0n) is 22.2. The van der Waals surface area contributed by atoms with E-state index in [1.54, 1.807) is 61.6 Å². The molecular weight excluding hydrogens is 496 g/mol. The largest absolute Gasteiger partial charge is 0.670 e. The van der Waals surface area contributed by atoms with Gasteiger partial charge in [-0.3, -0.25) is 4.79 Å². The van der Waals surface area contributed by atoms with E-state index in [4.69, 9.17) is 9.47 Å².